The molecule has 1 aliphatic rings. The van der Waals surface area contributed by atoms with E-state index in [0.29, 0.717) is 11.2 Å². The van der Waals surface area contributed by atoms with Crippen molar-refractivity contribution in [2.75, 3.05) is 0 Å². The third-order valence-electron chi connectivity index (χ3n) is 6.85. The van der Waals surface area contributed by atoms with Gasteiger partial charge in [0.25, 0.3) is 0 Å². The maximum atomic E-state index is 9.69. The SMILES string of the molecule is CCCCCCCC1(c2cccc(-c3ccc(O)cc3)c2CC)CCCCC1. The van der Waals surface area contributed by atoms with Crippen LogP contribution in [0.2, 0.25) is 0 Å². The van der Waals surface area contributed by atoms with Crippen molar-refractivity contribution in [1.82, 2.24) is 0 Å². The molecule has 2 aromatic carbocycles. The van der Waals surface area contributed by atoms with E-state index in [4.69, 9.17) is 0 Å². The van der Waals surface area contributed by atoms with Crippen molar-refractivity contribution in [3.05, 3.63) is 53.6 Å². The van der Waals surface area contributed by atoms with E-state index in [1.165, 1.54) is 87.3 Å². The van der Waals surface area contributed by atoms with Crippen molar-refractivity contribution < 1.29 is 5.11 Å². The Morgan fingerprint density at radius 3 is 2.21 bits per heavy atom. The Bertz CT molecular complexity index is 722. The molecule has 1 aliphatic carbocycles. The number of phenols is 1. The first-order chi connectivity index (χ1) is 13.7. The third kappa shape index (κ3) is 4.80. The summed E-state index contributed by atoms with van der Waals surface area (Å²) < 4.78 is 0. The summed E-state index contributed by atoms with van der Waals surface area (Å²) >= 11 is 0. The van der Waals surface area contributed by atoms with Gasteiger partial charge in [0.2, 0.25) is 0 Å². The second-order valence-electron chi connectivity index (χ2n) is 8.74. The van der Waals surface area contributed by atoms with Crippen LogP contribution in [-0.2, 0) is 11.8 Å². The van der Waals surface area contributed by atoms with Crippen LogP contribution in [0.3, 0.4) is 0 Å². The zero-order chi connectivity index (χ0) is 19.8. The summed E-state index contributed by atoms with van der Waals surface area (Å²) in [6.07, 6.45) is 16.1. The normalized spacial score (nSPS) is 16.2. The van der Waals surface area contributed by atoms with Gasteiger partial charge in [-0.1, -0.05) is 95.5 Å². The number of hydrogen-bond donors (Lipinski definition) is 1. The molecule has 3 rings (SSSR count). The summed E-state index contributed by atoms with van der Waals surface area (Å²) in [5.41, 5.74) is 6.11. The quantitative estimate of drug-likeness (QED) is 0.436. The molecule has 0 atom stereocenters. The Morgan fingerprint density at radius 2 is 1.54 bits per heavy atom. The molecule has 0 radical (unpaired) electrons. The molecule has 1 heteroatoms. The summed E-state index contributed by atoms with van der Waals surface area (Å²) in [4.78, 5) is 0. The fourth-order valence-corrected chi connectivity index (χ4v) is 5.33. The van der Waals surface area contributed by atoms with Crippen LogP contribution in [0.4, 0.5) is 0 Å². The maximum Gasteiger partial charge on any atom is 0.115 e. The van der Waals surface area contributed by atoms with Gasteiger partial charge in [0.15, 0.2) is 0 Å². The minimum absolute atomic E-state index is 0.341. The van der Waals surface area contributed by atoms with E-state index in [1.807, 2.05) is 12.1 Å². The Labute approximate surface area is 172 Å². The van der Waals surface area contributed by atoms with Gasteiger partial charge in [0.1, 0.15) is 5.75 Å². The second-order valence-corrected chi connectivity index (χ2v) is 8.74. The van der Waals surface area contributed by atoms with E-state index in [1.54, 1.807) is 5.56 Å². The van der Waals surface area contributed by atoms with Crippen LogP contribution < -0.4 is 0 Å². The highest BCUT2D eigenvalue weighted by Gasteiger charge is 2.35. The van der Waals surface area contributed by atoms with E-state index in [0.717, 1.165) is 6.42 Å². The predicted octanol–water partition coefficient (Wildman–Crippen LogP) is 8.18. The van der Waals surface area contributed by atoms with Crippen molar-refractivity contribution in [3.8, 4) is 16.9 Å². The minimum Gasteiger partial charge on any atom is -0.508 e. The van der Waals surface area contributed by atoms with Gasteiger partial charge in [-0.3, -0.25) is 0 Å². The van der Waals surface area contributed by atoms with Gasteiger partial charge in [-0.2, -0.15) is 0 Å². The molecule has 1 nitrogen and oxygen atoms in total. The fraction of sp³-hybridized carbons (Fsp3) is 0.556. The molecule has 1 fully saturated rings. The first-order valence-electron chi connectivity index (χ1n) is 11.6. The molecule has 0 aliphatic heterocycles. The van der Waals surface area contributed by atoms with Crippen LogP contribution in [0.5, 0.6) is 5.75 Å². The van der Waals surface area contributed by atoms with Crippen molar-refractivity contribution >= 4 is 0 Å². The molecule has 0 amide bonds. The van der Waals surface area contributed by atoms with E-state index in [-0.39, 0.29) is 0 Å². The Kier molecular flexibility index (Phi) is 7.59. The number of phenolic OH excluding ortho intramolecular Hbond substituents is 1. The van der Waals surface area contributed by atoms with Crippen LogP contribution in [-0.4, -0.2) is 5.11 Å². The van der Waals surface area contributed by atoms with Crippen molar-refractivity contribution in [3.63, 3.8) is 0 Å². The van der Waals surface area contributed by atoms with Crippen LogP contribution in [0.1, 0.15) is 95.6 Å². The van der Waals surface area contributed by atoms with Crippen LogP contribution >= 0.6 is 0 Å². The summed E-state index contributed by atoms with van der Waals surface area (Å²) in [5.74, 6) is 0.341. The lowest BCUT2D eigenvalue weighted by Gasteiger charge is -2.40. The molecule has 152 valence electrons. The molecular formula is C27H38O. The van der Waals surface area contributed by atoms with Crippen molar-refractivity contribution in [2.24, 2.45) is 0 Å². The number of aromatic hydroxyl groups is 1. The average molecular weight is 379 g/mol. The summed E-state index contributed by atoms with van der Waals surface area (Å²) in [7, 11) is 0. The second kappa shape index (κ2) is 10.1. The first-order valence-corrected chi connectivity index (χ1v) is 11.6. The number of benzene rings is 2. The van der Waals surface area contributed by atoms with Crippen LogP contribution in [0.15, 0.2) is 42.5 Å². The zero-order valence-corrected chi connectivity index (χ0v) is 18.0. The van der Waals surface area contributed by atoms with Gasteiger partial charge in [-0.25, -0.2) is 0 Å². The Balaban J connectivity index is 1.93. The summed E-state index contributed by atoms with van der Waals surface area (Å²) in [5, 5.41) is 9.69. The molecule has 0 saturated heterocycles. The van der Waals surface area contributed by atoms with E-state index in [2.05, 4.69) is 44.2 Å². The van der Waals surface area contributed by atoms with Gasteiger partial charge in [0.05, 0.1) is 0 Å². The lowest BCUT2D eigenvalue weighted by molar-refractivity contribution is 0.264. The molecular weight excluding hydrogens is 340 g/mol. The van der Waals surface area contributed by atoms with E-state index < -0.39 is 0 Å². The number of unbranched alkanes of at least 4 members (excludes halogenated alkanes) is 4. The molecule has 0 unspecified atom stereocenters. The van der Waals surface area contributed by atoms with Gasteiger partial charge in [-0.15, -0.1) is 0 Å². The Morgan fingerprint density at radius 1 is 0.821 bits per heavy atom. The van der Waals surface area contributed by atoms with E-state index in [9.17, 15) is 5.11 Å². The van der Waals surface area contributed by atoms with Gasteiger partial charge < -0.3 is 5.11 Å². The van der Waals surface area contributed by atoms with Crippen molar-refractivity contribution in [1.29, 1.82) is 0 Å². The van der Waals surface area contributed by atoms with Crippen LogP contribution in [0.25, 0.3) is 11.1 Å². The Hall–Kier alpha value is -1.76. The lowest BCUT2D eigenvalue weighted by atomic mass is 9.64. The van der Waals surface area contributed by atoms with Gasteiger partial charge in [0, 0.05) is 0 Å². The molecule has 1 N–H and O–H groups in total. The molecule has 0 spiro atoms. The molecule has 0 aromatic heterocycles. The predicted molar refractivity (Wildman–Crippen MR) is 121 cm³/mol. The molecule has 0 bridgehead atoms. The molecule has 1 saturated carbocycles. The van der Waals surface area contributed by atoms with Gasteiger partial charge >= 0.3 is 0 Å². The fourth-order valence-electron chi connectivity index (χ4n) is 5.33. The topological polar surface area (TPSA) is 20.2 Å². The monoisotopic (exact) mass is 378 g/mol. The largest absolute Gasteiger partial charge is 0.508 e. The highest BCUT2D eigenvalue weighted by molar-refractivity contribution is 5.70. The summed E-state index contributed by atoms with van der Waals surface area (Å²) in [6.45, 7) is 4.60. The molecule has 0 heterocycles. The maximum absolute atomic E-state index is 9.69. The average Bonchev–Trinajstić information content (AvgIpc) is 2.74. The number of hydrogen-bond acceptors (Lipinski definition) is 1. The highest BCUT2D eigenvalue weighted by Crippen LogP contribution is 2.46. The zero-order valence-electron chi connectivity index (χ0n) is 18.0. The first kappa shape index (κ1) is 21.0. The summed E-state index contributed by atoms with van der Waals surface area (Å²) in [6, 6.07) is 14.7. The molecule has 2 aromatic rings. The van der Waals surface area contributed by atoms with Crippen LogP contribution in [0, 0.1) is 0 Å². The number of rotatable bonds is 9. The minimum atomic E-state index is 0.341. The smallest absolute Gasteiger partial charge is 0.115 e. The lowest BCUT2D eigenvalue weighted by Crippen LogP contribution is -2.30. The third-order valence-corrected chi connectivity index (χ3v) is 6.85. The highest BCUT2D eigenvalue weighted by atomic mass is 16.3. The molecule has 28 heavy (non-hydrogen) atoms. The van der Waals surface area contributed by atoms with Gasteiger partial charge in [-0.05, 0) is 65.5 Å². The standard InChI is InChI=1S/C27H38O/c1-3-5-6-7-9-19-27(20-10-8-11-21-27)26-14-12-13-25(24(26)4-2)22-15-17-23(28)18-16-22/h12-18,28H,3-11,19-21H2,1-2H3. The van der Waals surface area contributed by atoms with Crippen molar-refractivity contribution in [2.45, 2.75) is 96.3 Å². The van der Waals surface area contributed by atoms with E-state index >= 15 is 0 Å².